The number of benzene rings is 2. The number of likely N-dealkylation sites (tertiary alicyclic amines) is 1. The molecule has 0 saturated carbocycles. The number of nitrogens with one attached hydrogen (secondary N) is 1. The molecule has 5 rings (SSSR count). The van der Waals surface area contributed by atoms with Gasteiger partial charge in [0.15, 0.2) is 5.82 Å². The van der Waals surface area contributed by atoms with Crippen molar-refractivity contribution in [2.45, 2.75) is 44.8 Å². The Hall–Kier alpha value is -3.16. The zero-order valence-corrected chi connectivity index (χ0v) is 22.3. The van der Waals surface area contributed by atoms with E-state index in [4.69, 9.17) is 4.98 Å². The van der Waals surface area contributed by atoms with Gasteiger partial charge in [0.1, 0.15) is 6.04 Å². The third-order valence-corrected chi connectivity index (χ3v) is 7.99. The topological polar surface area (TPSA) is 56.6 Å². The van der Waals surface area contributed by atoms with E-state index in [0.717, 1.165) is 43.0 Å². The molecule has 2 aliphatic heterocycles. The highest BCUT2D eigenvalue weighted by Crippen LogP contribution is 2.23. The van der Waals surface area contributed by atoms with Gasteiger partial charge in [-0.3, -0.25) is 9.69 Å². The number of fused-ring (bicyclic) bond motifs is 1. The number of carbonyl (C=O) groups excluding carboxylic acids is 1. The Morgan fingerprint density at radius 2 is 1.68 bits per heavy atom. The number of hydrogen-bond acceptors (Lipinski definition) is 5. The molecule has 196 valence electrons. The van der Waals surface area contributed by atoms with Gasteiger partial charge in [-0.1, -0.05) is 56.0 Å². The monoisotopic (exact) mass is 500 g/mol. The summed E-state index contributed by atoms with van der Waals surface area (Å²) < 4.78 is 2.19. The van der Waals surface area contributed by atoms with Crippen LogP contribution in [0.1, 0.15) is 37.6 Å². The molecule has 0 bridgehead atoms. The van der Waals surface area contributed by atoms with Crippen LogP contribution in [0.2, 0.25) is 0 Å². The molecular weight excluding hydrogens is 460 g/mol. The van der Waals surface area contributed by atoms with Crippen molar-refractivity contribution >= 4 is 22.6 Å². The van der Waals surface area contributed by atoms with E-state index in [-0.39, 0.29) is 11.9 Å². The van der Waals surface area contributed by atoms with Gasteiger partial charge < -0.3 is 19.7 Å². The third kappa shape index (κ3) is 5.73. The Labute approximate surface area is 220 Å². The van der Waals surface area contributed by atoms with Crippen molar-refractivity contribution in [3.63, 3.8) is 0 Å². The summed E-state index contributed by atoms with van der Waals surface area (Å²) in [4.78, 5) is 25.5. The number of piperidine rings is 1. The molecule has 2 aromatic carbocycles. The summed E-state index contributed by atoms with van der Waals surface area (Å²) in [5, 5.41) is 3.46. The quantitative estimate of drug-likeness (QED) is 0.512. The van der Waals surface area contributed by atoms with Crippen LogP contribution in [0, 0.1) is 0 Å². The summed E-state index contributed by atoms with van der Waals surface area (Å²) >= 11 is 0. The molecule has 1 unspecified atom stereocenters. The van der Waals surface area contributed by atoms with Crippen molar-refractivity contribution in [3.8, 4) is 0 Å². The standard InChI is InChI=1S/C30H40N6O/c1-4-26(30(37)35-20-18-34(19-21-35)25-14-16-33(3)17-15-25)31-23(2)29-32-27-12-8-9-13-28(27)36(29)22-24-10-6-5-7-11-24/h5-13,25-26,31H,2,4,14-22H2,1,3H3. The lowest BCUT2D eigenvalue weighted by Gasteiger charge is -2.42. The van der Waals surface area contributed by atoms with Crippen molar-refractivity contribution in [2.75, 3.05) is 46.3 Å². The fourth-order valence-electron chi connectivity index (χ4n) is 5.73. The minimum Gasteiger partial charge on any atom is -0.371 e. The van der Waals surface area contributed by atoms with Crippen LogP contribution in [0.3, 0.4) is 0 Å². The van der Waals surface area contributed by atoms with E-state index in [1.54, 1.807) is 0 Å². The first-order chi connectivity index (χ1) is 18.0. The minimum absolute atomic E-state index is 0.164. The second-order valence-electron chi connectivity index (χ2n) is 10.5. The van der Waals surface area contributed by atoms with Gasteiger partial charge in [-0.15, -0.1) is 0 Å². The Balaban J connectivity index is 1.26. The lowest BCUT2D eigenvalue weighted by molar-refractivity contribution is -0.135. The van der Waals surface area contributed by atoms with Gasteiger partial charge in [-0.2, -0.15) is 0 Å². The molecule has 1 amide bonds. The SMILES string of the molecule is C=C(NC(CC)C(=O)N1CCN(C2CCN(C)CC2)CC1)c1nc2ccccc2n1Cc1ccccc1. The molecule has 0 radical (unpaired) electrons. The normalized spacial score (nSPS) is 18.7. The van der Waals surface area contributed by atoms with Gasteiger partial charge in [0.25, 0.3) is 0 Å². The number of piperazine rings is 1. The van der Waals surface area contributed by atoms with Crippen LogP contribution >= 0.6 is 0 Å². The zero-order valence-electron chi connectivity index (χ0n) is 22.3. The highest BCUT2D eigenvalue weighted by molar-refractivity contribution is 5.84. The first kappa shape index (κ1) is 25.5. The number of amides is 1. The number of nitrogens with zero attached hydrogens (tertiary/aromatic N) is 5. The Bertz CT molecular complexity index is 1210. The number of aromatic nitrogens is 2. The lowest BCUT2D eigenvalue weighted by atomic mass is 10.0. The molecule has 0 aliphatic carbocycles. The second-order valence-corrected chi connectivity index (χ2v) is 10.5. The summed E-state index contributed by atoms with van der Waals surface area (Å²) in [5.74, 6) is 0.945. The molecule has 2 aliphatic rings. The summed E-state index contributed by atoms with van der Waals surface area (Å²) in [6.07, 6.45) is 3.16. The number of hydrogen-bond donors (Lipinski definition) is 1. The molecule has 7 nitrogen and oxygen atoms in total. The van der Waals surface area contributed by atoms with Crippen LogP contribution in [0.25, 0.3) is 16.7 Å². The van der Waals surface area contributed by atoms with Crippen LogP contribution in [0.15, 0.2) is 61.2 Å². The Morgan fingerprint density at radius 3 is 2.38 bits per heavy atom. The van der Waals surface area contributed by atoms with Crippen molar-refractivity contribution in [2.24, 2.45) is 0 Å². The van der Waals surface area contributed by atoms with E-state index >= 15 is 0 Å². The van der Waals surface area contributed by atoms with Gasteiger partial charge in [0.2, 0.25) is 5.91 Å². The van der Waals surface area contributed by atoms with E-state index in [9.17, 15) is 4.79 Å². The lowest BCUT2D eigenvalue weighted by Crippen LogP contribution is -2.56. The van der Waals surface area contributed by atoms with E-state index in [1.807, 2.05) is 29.2 Å². The van der Waals surface area contributed by atoms with Gasteiger partial charge >= 0.3 is 0 Å². The molecule has 0 spiro atoms. The van der Waals surface area contributed by atoms with Crippen LogP contribution < -0.4 is 5.32 Å². The second kappa shape index (κ2) is 11.5. The summed E-state index contributed by atoms with van der Waals surface area (Å²) in [7, 11) is 2.20. The van der Waals surface area contributed by atoms with E-state index < -0.39 is 0 Å². The maximum atomic E-state index is 13.5. The van der Waals surface area contributed by atoms with E-state index in [1.165, 1.54) is 31.5 Å². The molecule has 1 N–H and O–H groups in total. The smallest absolute Gasteiger partial charge is 0.245 e. The van der Waals surface area contributed by atoms with Crippen molar-refractivity contribution in [1.29, 1.82) is 0 Å². The van der Waals surface area contributed by atoms with Gasteiger partial charge in [0.05, 0.1) is 16.7 Å². The van der Waals surface area contributed by atoms with Crippen LogP contribution in [-0.4, -0.2) is 88.6 Å². The summed E-state index contributed by atoms with van der Waals surface area (Å²) in [5.41, 5.74) is 3.89. The van der Waals surface area contributed by atoms with Crippen molar-refractivity contribution in [3.05, 3.63) is 72.6 Å². The molecule has 3 heterocycles. The van der Waals surface area contributed by atoms with Crippen LogP contribution in [0.4, 0.5) is 0 Å². The summed E-state index contributed by atoms with van der Waals surface area (Å²) in [6, 6.07) is 18.9. The number of carbonyl (C=O) groups is 1. The Kier molecular flexibility index (Phi) is 7.91. The largest absolute Gasteiger partial charge is 0.371 e. The highest BCUT2D eigenvalue weighted by Gasteiger charge is 2.31. The molecule has 37 heavy (non-hydrogen) atoms. The van der Waals surface area contributed by atoms with Crippen LogP contribution in [0.5, 0.6) is 0 Å². The first-order valence-electron chi connectivity index (χ1n) is 13.7. The maximum absolute atomic E-state index is 13.5. The fraction of sp³-hybridized carbons (Fsp3) is 0.467. The van der Waals surface area contributed by atoms with E-state index in [2.05, 4.69) is 70.6 Å². The molecule has 2 saturated heterocycles. The molecule has 1 aromatic heterocycles. The van der Waals surface area contributed by atoms with Gasteiger partial charge in [-0.25, -0.2) is 4.98 Å². The minimum atomic E-state index is -0.313. The molecule has 1 atom stereocenters. The zero-order chi connectivity index (χ0) is 25.8. The number of para-hydroxylation sites is 2. The van der Waals surface area contributed by atoms with Crippen LogP contribution in [-0.2, 0) is 11.3 Å². The Morgan fingerprint density at radius 1 is 1.00 bits per heavy atom. The van der Waals surface area contributed by atoms with Gasteiger partial charge in [0, 0.05) is 38.8 Å². The number of rotatable bonds is 8. The highest BCUT2D eigenvalue weighted by atomic mass is 16.2. The average molecular weight is 501 g/mol. The fourth-order valence-corrected chi connectivity index (χ4v) is 5.73. The number of imidazole rings is 1. The maximum Gasteiger partial charge on any atom is 0.245 e. The summed E-state index contributed by atoms with van der Waals surface area (Å²) in [6.45, 7) is 12.9. The predicted octanol–water partition coefficient (Wildman–Crippen LogP) is 3.66. The van der Waals surface area contributed by atoms with E-state index in [0.29, 0.717) is 24.7 Å². The van der Waals surface area contributed by atoms with Crippen molar-refractivity contribution in [1.82, 2.24) is 29.6 Å². The molecule has 7 heteroatoms. The predicted molar refractivity (Wildman–Crippen MR) is 150 cm³/mol. The molecule has 2 fully saturated rings. The van der Waals surface area contributed by atoms with Crippen molar-refractivity contribution < 1.29 is 4.79 Å². The average Bonchev–Trinajstić information content (AvgIpc) is 3.31. The van der Waals surface area contributed by atoms with Gasteiger partial charge in [-0.05, 0) is 57.1 Å². The third-order valence-electron chi connectivity index (χ3n) is 7.99. The first-order valence-corrected chi connectivity index (χ1v) is 13.7. The molecule has 3 aromatic rings. The molecular formula is C30H40N6O.